The average Bonchev–Trinajstić information content (AvgIpc) is 2.19. The maximum absolute atomic E-state index is 10.5. The number of carbonyl (C=O) groups excluding carboxylic acids is 1. The van der Waals surface area contributed by atoms with Crippen molar-refractivity contribution >= 4 is 12.0 Å². The van der Waals surface area contributed by atoms with E-state index in [4.69, 9.17) is 11.0 Å². The van der Waals surface area contributed by atoms with Gasteiger partial charge in [0.1, 0.15) is 11.8 Å². The quantitative estimate of drug-likeness (QED) is 0.703. The van der Waals surface area contributed by atoms with Gasteiger partial charge in [0.15, 0.2) is 0 Å². The zero-order valence-corrected chi connectivity index (χ0v) is 8.19. The maximum atomic E-state index is 10.5. The van der Waals surface area contributed by atoms with Crippen LogP contribution in [0.4, 0.5) is 0 Å². The summed E-state index contributed by atoms with van der Waals surface area (Å²) in [6.45, 7) is 1.63. The van der Waals surface area contributed by atoms with E-state index in [1.165, 1.54) is 18.2 Å². The zero-order valence-electron chi connectivity index (χ0n) is 8.19. The van der Waals surface area contributed by atoms with Crippen LogP contribution in [0.25, 0.3) is 6.08 Å². The number of rotatable bonds is 2. The van der Waals surface area contributed by atoms with E-state index >= 15 is 0 Å². The second-order valence-electron chi connectivity index (χ2n) is 3.02. The topological polar surface area (TPSA) is 87.1 Å². The highest BCUT2D eigenvalue weighted by molar-refractivity contribution is 5.90. The van der Waals surface area contributed by atoms with E-state index in [1.54, 1.807) is 13.0 Å². The molecule has 0 aliphatic rings. The van der Waals surface area contributed by atoms with Crippen LogP contribution in [0.15, 0.2) is 18.2 Å². The average molecular weight is 202 g/mol. The summed E-state index contributed by atoms with van der Waals surface area (Å²) in [5.74, 6) is -0.521. The molecule has 0 aromatic heterocycles. The SMILES string of the molecule is Cc1c(O)ccc(C=CC(N)=O)c1C#N. The van der Waals surface area contributed by atoms with Crippen LogP contribution in [0.1, 0.15) is 16.7 Å². The Morgan fingerprint density at radius 1 is 1.60 bits per heavy atom. The van der Waals surface area contributed by atoms with E-state index in [0.29, 0.717) is 16.7 Å². The maximum Gasteiger partial charge on any atom is 0.241 e. The first-order valence-electron chi connectivity index (χ1n) is 4.26. The number of hydrogen-bond donors (Lipinski definition) is 2. The first-order valence-corrected chi connectivity index (χ1v) is 4.26. The Bertz CT molecular complexity index is 470. The molecule has 76 valence electrons. The molecule has 1 aromatic rings. The molecule has 3 N–H and O–H groups in total. The molecule has 0 aliphatic carbocycles. The number of phenols is 1. The fourth-order valence-corrected chi connectivity index (χ4v) is 1.18. The van der Waals surface area contributed by atoms with Crippen LogP contribution in [0.2, 0.25) is 0 Å². The number of hydrogen-bond acceptors (Lipinski definition) is 3. The van der Waals surface area contributed by atoms with Gasteiger partial charge in [-0.1, -0.05) is 0 Å². The third kappa shape index (κ3) is 2.35. The van der Waals surface area contributed by atoms with Gasteiger partial charge in [-0.2, -0.15) is 5.26 Å². The fraction of sp³-hybridized carbons (Fsp3) is 0.0909. The van der Waals surface area contributed by atoms with Crippen LogP contribution in [0.5, 0.6) is 5.75 Å². The molecule has 0 radical (unpaired) electrons. The molecular formula is C11H10N2O2. The number of amides is 1. The van der Waals surface area contributed by atoms with Gasteiger partial charge in [0, 0.05) is 11.6 Å². The van der Waals surface area contributed by atoms with E-state index in [9.17, 15) is 9.90 Å². The zero-order chi connectivity index (χ0) is 11.4. The van der Waals surface area contributed by atoms with Gasteiger partial charge in [-0.25, -0.2) is 0 Å². The molecule has 0 bridgehead atoms. The summed E-state index contributed by atoms with van der Waals surface area (Å²) in [5.41, 5.74) is 6.33. The van der Waals surface area contributed by atoms with Gasteiger partial charge in [0.25, 0.3) is 0 Å². The number of aromatic hydroxyl groups is 1. The Hall–Kier alpha value is -2.28. The minimum atomic E-state index is -0.579. The lowest BCUT2D eigenvalue weighted by atomic mass is 10.0. The number of nitrogens with two attached hydrogens (primary N) is 1. The van der Waals surface area contributed by atoms with Crippen LogP contribution in [0.3, 0.4) is 0 Å². The molecule has 0 saturated carbocycles. The molecule has 1 aromatic carbocycles. The van der Waals surface area contributed by atoms with Crippen molar-refractivity contribution in [2.24, 2.45) is 5.73 Å². The first kappa shape index (κ1) is 10.8. The minimum Gasteiger partial charge on any atom is -0.508 e. The van der Waals surface area contributed by atoms with Crippen molar-refractivity contribution in [1.82, 2.24) is 0 Å². The van der Waals surface area contributed by atoms with E-state index in [0.717, 1.165) is 0 Å². The number of phenolic OH excluding ortho intramolecular Hbond substituents is 1. The largest absolute Gasteiger partial charge is 0.508 e. The monoisotopic (exact) mass is 202 g/mol. The van der Waals surface area contributed by atoms with Gasteiger partial charge >= 0.3 is 0 Å². The normalized spacial score (nSPS) is 10.1. The molecule has 1 amide bonds. The molecule has 1 rings (SSSR count). The predicted molar refractivity (Wildman–Crippen MR) is 55.8 cm³/mol. The summed E-state index contributed by atoms with van der Waals surface area (Å²) in [6.07, 6.45) is 2.62. The number of nitriles is 1. The molecule has 4 heteroatoms. The lowest BCUT2D eigenvalue weighted by Crippen LogP contribution is -2.05. The van der Waals surface area contributed by atoms with Crippen molar-refractivity contribution in [3.8, 4) is 11.8 Å². The summed E-state index contributed by atoms with van der Waals surface area (Å²) >= 11 is 0. The lowest BCUT2D eigenvalue weighted by molar-refractivity contribution is -0.113. The lowest BCUT2D eigenvalue weighted by Gasteiger charge is -2.03. The minimum absolute atomic E-state index is 0.0581. The molecule has 0 spiro atoms. The summed E-state index contributed by atoms with van der Waals surface area (Å²) in [7, 11) is 0. The Kier molecular flexibility index (Phi) is 3.09. The highest BCUT2D eigenvalue weighted by Gasteiger charge is 2.06. The Balaban J connectivity index is 3.27. The standard InChI is InChI=1S/C11H10N2O2/c1-7-9(6-12)8(2-4-10(7)14)3-5-11(13)15/h2-5,14H,1H3,(H2,13,15). The van der Waals surface area contributed by atoms with Crippen LogP contribution < -0.4 is 5.73 Å². The highest BCUT2D eigenvalue weighted by Crippen LogP contribution is 2.23. The van der Waals surface area contributed by atoms with Crippen LogP contribution in [-0.4, -0.2) is 11.0 Å². The number of benzene rings is 1. The number of carbonyl (C=O) groups is 1. The van der Waals surface area contributed by atoms with E-state index < -0.39 is 5.91 Å². The van der Waals surface area contributed by atoms with Gasteiger partial charge in [-0.3, -0.25) is 4.79 Å². The molecule has 0 aliphatic heterocycles. The Morgan fingerprint density at radius 2 is 2.27 bits per heavy atom. The molecule has 0 unspecified atom stereocenters. The van der Waals surface area contributed by atoms with Crippen molar-refractivity contribution in [3.05, 3.63) is 34.9 Å². The summed E-state index contributed by atoms with van der Waals surface area (Å²) in [5, 5.41) is 18.2. The molecule has 0 fully saturated rings. The van der Waals surface area contributed by atoms with E-state index in [1.807, 2.05) is 6.07 Å². The van der Waals surface area contributed by atoms with Gasteiger partial charge in [0.2, 0.25) is 5.91 Å². The molecule has 0 saturated heterocycles. The van der Waals surface area contributed by atoms with Crippen molar-refractivity contribution in [2.45, 2.75) is 6.92 Å². The van der Waals surface area contributed by atoms with Crippen LogP contribution >= 0.6 is 0 Å². The van der Waals surface area contributed by atoms with Gasteiger partial charge < -0.3 is 10.8 Å². The number of nitrogens with zero attached hydrogens (tertiary/aromatic N) is 1. The van der Waals surface area contributed by atoms with E-state index in [-0.39, 0.29) is 5.75 Å². The Labute approximate surface area is 87.3 Å². The van der Waals surface area contributed by atoms with Gasteiger partial charge in [0.05, 0.1) is 5.56 Å². The van der Waals surface area contributed by atoms with Crippen molar-refractivity contribution < 1.29 is 9.90 Å². The third-order valence-electron chi connectivity index (χ3n) is 2.01. The first-order chi connectivity index (χ1) is 7.06. The summed E-state index contributed by atoms with van der Waals surface area (Å²) in [4.78, 5) is 10.5. The van der Waals surface area contributed by atoms with Gasteiger partial charge in [-0.15, -0.1) is 0 Å². The third-order valence-corrected chi connectivity index (χ3v) is 2.01. The second kappa shape index (κ2) is 4.29. The molecule has 4 nitrogen and oxygen atoms in total. The molecule has 0 heterocycles. The van der Waals surface area contributed by atoms with Crippen molar-refractivity contribution in [2.75, 3.05) is 0 Å². The van der Waals surface area contributed by atoms with E-state index in [2.05, 4.69) is 0 Å². The van der Waals surface area contributed by atoms with Crippen LogP contribution in [-0.2, 0) is 4.79 Å². The molecule has 0 atom stereocenters. The van der Waals surface area contributed by atoms with Gasteiger partial charge in [-0.05, 0) is 30.7 Å². The fourth-order valence-electron chi connectivity index (χ4n) is 1.18. The smallest absolute Gasteiger partial charge is 0.241 e. The Morgan fingerprint density at radius 3 is 2.80 bits per heavy atom. The predicted octanol–water partition coefficient (Wildman–Crippen LogP) is 1.07. The summed E-state index contributed by atoms with van der Waals surface area (Å²) in [6, 6.07) is 4.99. The number of primary amides is 1. The second-order valence-corrected chi connectivity index (χ2v) is 3.02. The summed E-state index contributed by atoms with van der Waals surface area (Å²) < 4.78 is 0. The van der Waals surface area contributed by atoms with Crippen molar-refractivity contribution in [1.29, 1.82) is 5.26 Å². The highest BCUT2D eigenvalue weighted by atomic mass is 16.3. The molecule has 15 heavy (non-hydrogen) atoms. The van der Waals surface area contributed by atoms with Crippen LogP contribution in [0, 0.1) is 18.3 Å². The van der Waals surface area contributed by atoms with Crippen molar-refractivity contribution in [3.63, 3.8) is 0 Å². The molecular weight excluding hydrogens is 192 g/mol.